The predicted molar refractivity (Wildman–Crippen MR) is 259 cm³/mol. The van der Waals surface area contributed by atoms with Crippen LogP contribution in [0.3, 0.4) is 0 Å². The van der Waals surface area contributed by atoms with Gasteiger partial charge in [-0.1, -0.05) is 140 Å². The number of hydrogen-bond donors (Lipinski definition) is 0. The molecule has 64 heavy (non-hydrogen) atoms. The number of hydrogen-bond acceptors (Lipinski definition) is 9. The number of benzene rings is 4. The zero-order valence-electron chi connectivity index (χ0n) is 37.7. The van der Waals surface area contributed by atoms with Crippen molar-refractivity contribution in [2.75, 3.05) is 13.2 Å². The number of rotatable bonds is 28. The first-order chi connectivity index (χ1) is 31.4. The van der Waals surface area contributed by atoms with Gasteiger partial charge in [-0.15, -0.1) is 0 Å². The lowest BCUT2D eigenvalue weighted by atomic mass is 10.1. The quantitative estimate of drug-likeness (QED) is 0.0279. The maximum Gasteiger partial charge on any atom is 0.343 e. The molecule has 5 rings (SSSR count). The first kappa shape index (κ1) is 48.7. The van der Waals surface area contributed by atoms with Crippen LogP contribution in [0.1, 0.15) is 148 Å². The van der Waals surface area contributed by atoms with E-state index in [0.29, 0.717) is 13.2 Å². The third-order valence-corrected chi connectivity index (χ3v) is 10.7. The third kappa shape index (κ3) is 17.8. The molecule has 9 nitrogen and oxygen atoms in total. The SMILES string of the molecule is CCCCCCCCCCOc1ccc(N=Cc2ccc(C(=O)Oc3ccccc(OC(=O)c4ccc(C=Nc5ccc(OCCCCCCCCCC)cc5)cc4)c3=O)cc2)cc1. The number of esters is 2. The Balaban J connectivity index is 1.05. The lowest BCUT2D eigenvalue weighted by Crippen LogP contribution is -2.17. The fraction of sp³-hybridized carbons (Fsp3) is 0.364. The molecule has 0 amide bonds. The van der Waals surface area contributed by atoms with E-state index >= 15 is 0 Å². The van der Waals surface area contributed by atoms with Crippen LogP contribution in [0.25, 0.3) is 0 Å². The molecule has 0 spiro atoms. The van der Waals surface area contributed by atoms with Crippen LogP contribution in [0.15, 0.2) is 136 Å². The molecule has 0 aliphatic carbocycles. The summed E-state index contributed by atoms with van der Waals surface area (Å²) in [5.74, 6) is -0.372. The van der Waals surface area contributed by atoms with E-state index < -0.39 is 17.4 Å². The molecule has 0 unspecified atom stereocenters. The van der Waals surface area contributed by atoms with Gasteiger partial charge in [0.05, 0.1) is 35.7 Å². The van der Waals surface area contributed by atoms with Crippen LogP contribution in [0, 0.1) is 0 Å². The Kier molecular flexibility index (Phi) is 21.6. The largest absolute Gasteiger partial charge is 0.494 e. The molecule has 5 aromatic rings. The molecular formula is C55H64N2O7. The van der Waals surface area contributed by atoms with Crippen molar-refractivity contribution in [3.8, 4) is 23.0 Å². The van der Waals surface area contributed by atoms with Crippen LogP contribution in [0.4, 0.5) is 11.4 Å². The van der Waals surface area contributed by atoms with Gasteiger partial charge in [0.1, 0.15) is 11.5 Å². The Morgan fingerprint density at radius 1 is 0.438 bits per heavy atom. The maximum atomic E-state index is 13.3. The Labute approximate surface area is 379 Å². The zero-order valence-corrected chi connectivity index (χ0v) is 37.7. The highest BCUT2D eigenvalue weighted by molar-refractivity contribution is 5.93. The summed E-state index contributed by atoms with van der Waals surface area (Å²) in [6.07, 6.45) is 23.6. The topological polar surface area (TPSA) is 113 Å². The van der Waals surface area contributed by atoms with Gasteiger partial charge >= 0.3 is 11.9 Å². The second kappa shape index (κ2) is 28.4. The van der Waals surface area contributed by atoms with Crippen molar-refractivity contribution in [1.29, 1.82) is 0 Å². The average molecular weight is 865 g/mol. The molecule has 0 aliphatic heterocycles. The molecule has 336 valence electrons. The Hall–Kier alpha value is -6.35. The molecule has 0 saturated carbocycles. The molecule has 0 radical (unpaired) electrons. The summed E-state index contributed by atoms with van der Waals surface area (Å²) in [5, 5.41) is 0. The van der Waals surface area contributed by atoms with Crippen LogP contribution in [0.5, 0.6) is 23.0 Å². The van der Waals surface area contributed by atoms with Gasteiger partial charge in [-0.3, -0.25) is 14.8 Å². The number of ether oxygens (including phenoxy) is 4. The summed E-state index contributed by atoms with van der Waals surface area (Å²) in [7, 11) is 0. The van der Waals surface area contributed by atoms with Gasteiger partial charge < -0.3 is 18.9 Å². The highest BCUT2D eigenvalue weighted by atomic mass is 16.6. The van der Waals surface area contributed by atoms with Crippen molar-refractivity contribution in [3.05, 3.63) is 154 Å². The minimum Gasteiger partial charge on any atom is -0.494 e. The smallest absolute Gasteiger partial charge is 0.343 e. The van der Waals surface area contributed by atoms with E-state index in [1.165, 1.54) is 114 Å². The fourth-order valence-corrected chi connectivity index (χ4v) is 6.85. The molecule has 0 atom stereocenters. The summed E-state index contributed by atoms with van der Waals surface area (Å²) >= 11 is 0. The molecule has 0 bridgehead atoms. The van der Waals surface area contributed by atoms with E-state index in [9.17, 15) is 14.4 Å². The lowest BCUT2D eigenvalue weighted by molar-refractivity contribution is 0.0730. The monoisotopic (exact) mass is 864 g/mol. The zero-order chi connectivity index (χ0) is 45.0. The second-order valence-electron chi connectivity index (χ2n) is 15.9. The number of carbonyl (C=O) groups excluding carboxylic acids is 2. The van der Waals surface area contributed by atoms with Crippen molar-refractivity contribution in [3.63, 3.8) is 0 Å². The van der Waals surface area contributed by atoms with Crippen LogP contribution in [0.2, 0.25) is 0 Å². The summed E-state index contributed by atoms with van der Waals surface area (Å²) in [6, 6.07) is 34.4. The summed E-state index contributed by atoms with van der Waals surface area (Å²) in [5.41, 5.74) is 2.82. The van der Waals surface area contributed by atoms with E-state index in [2.05, 4.69) is 23.8 Å². The van der Waals surface area contributed by atoms with Gasteiger partial charge in [0.2, 0.25) is 0 Å². The van der Waals surface area contributed by atoms with Gasteiger partial charge in [0, 0.05) is 12.4 Å². The molecule has 0 N–H and O–H groups in total. The Morgan fingerprint density at radius 2 is 0.781 bits per heavy atom. The van der Waals surface area contributed by atoms with Crippen molar-refractivity contribution < 1.29 is 28.5 Å². The Morgan fingerprint density at radius 3 is 1.14 bits per heavy atom. The van der Waals surface area contributed by atoms with Crippen molar-refractivity contribution >= 4 is 35.7 Å². The van der Waals surface area contributed by atoms with Gasteiger partial charge in [-0.2, -0.15) is 0 Å². The lowest BCUT2D eigenvalue weighted by Gasteiger charge is -2.06. The molecule has 5 aromatic carbocycles. The van der Waals surface area contributed by atoms with E-state index in [0.717, 1.165) is 46.8 Å². The van der Waals surface area contributed by atoms with Gasteiger partial charge in [-0.25, -0.2) is 9.59 Å². The van der Waals surface area contributed by atoms with Crippen molar-refractivity contribution in [2.45, 2.75) is 117 Å². The first-order valence-electron chi connectivity index (χ1n) is 23.2. The molecule has 0 fully saturated rings. The second-order valence-corrected chi connectivity index (χ2v) is 15.9. The number of aliphatic imine (C=N–C) groups is 2. The molecular weight excluding hydrogens is 801 g/mol. The van der Waals surface area contributed by atoms with E-state index in [4.69, 9.17) is 18.9 Å². The van der Waals surface area contributed by atoms with Gasteiger partial charge in [-0.05, 0) is 109 Å². The molecule has 0 aliphatic rings. The van der Waals surface area contributed by atoms with Crippen molar-refractivity contribution in [2.24, 2.45) is 9.98 Å². The minimum atomic E-state index is -0.742. The summed E-state index contributed by atoms with van der Waals surface area (Å²) in [6.45, 7) is 5.90. The van der Waals surface area contributed by atoms with Gasteiger partial charge in [0.15, 0.2) is 11.5 Å². The molecule has 0 aromatic heterocycles. The van der Waals surface area contributed by atoms with E-state index in [-0.39, 0.29) is 22.6 Å². The number of unbranched alkanes of at least 4 members (excludes halogenated alkanes) is 14. The predicted octanol–water partition coefficient (Wildman–Crippen LogP) is 14.0. The van der Waals surface area contributed by atoms with Gasteiger partial charge in [0.25, 0.3) is 5.43 Å². The van der Waals surface area contributed by atoms with E-state index in [1.54, 1.807) is 61.0 Å². The Bertz CT molecular complexity index is 2090. The van der Waals surface area contributed by atoms with Crippen LogP contribution in [-0.2, 0) is 0 Å². The van der Waals surface area contributed by atoms with E-state index in [1.807, 2.05) is 48.5 Å². The normalized spacial score (nSPS) is 11.2. The van der Waals surface area contributed by atoms with Crippen LogP contribution < -0.4 is 24.4 Å². The molecule has 0 saturated heterocycles. The number of nitrogens with zero attached hydrogens (tertiary/aromatic N) is 2. The first-order valence-corrected chi connectivity index (χ1v) is 23.2. The summed E-state index contributed by atoms with van der Waals surface area (Å²) < 4.78 is 22.8. The van der Waals surface area contributed by atoms with Crippen LogP contribution in [-0.4, -0.2) is 37.6 Å². The number of carbonyl (C=O) groups is 2. The highest BCUT2D eigenvalue weighted by Gasteiger charge is 2.16. The van der Waals surface area contributed by atoms with Crippen LogP contribution >= 0.6 is 0 Å². The summed E-state index contributed by atoms with van der Waals surface area (Å²) in [4.78, 5) is 48.6. The standard InChI is InChI=1S/C55H64N2O7/c1-3-5-7-9-11-13-15-19-39-61-49-35-31-47(32-36-49)56-41-43-23-27-45(28-24-43)54(59)63-51-21-17-18-22-52(53(51)58)64-55(60)46-29-25-44(26-30-46)42-57-48-33-37-50(38-34-48)62-40-20-16-14-12-10-8-6-4-2/h17-18,21-38,41-42H,3-16,19-20,39-40H2,1-2H3. The minimum absolute atomic E-state index is 0.235. The average Bonchev–Trinajstić information content (AvgIpc) is 3.49. The third-order valence-electron chi connectivity index (χ3n) is 10.7. The maximum absolute atomic E-state index is 13.3. The highest BCUT2D eigenvalue weighted by Crippen LogP contribution is 2.21. The fourth-order valence-electron chi connectivity index (χ4n) is 6.85. The molecule has 0 heterocycles. The van der Waals surface area contributed by atoms with Crippen molar-refractivity contribution in [1.82, 2.24) is 0 Å². The molecule has 9 heteroatoms.